The van der Waals surface area contributed by atoms with Crippen LogP contribution in [0.3, 0.4) is 0 Å². The summed E-state index contributed by atoms with van der Waals surface area (Å²) >= 11 is 0. The van der Waals surface area contributed by atoms with E-state index >= 15 is 0 Å². The fourth-order valence-corrected chi connectivity index (χ4v) is 3.30. The van der Waals surface area contributed by atoms with Crippen LogP contribution in [0.15, 0.2) is 23.3 Å². The van der Waals surface area contributed by atoms with Gasteiger partial charge < -0.3 is 0 Å². The number of hydrogen-bond acceptors (Lipinski definition) is 0. The third-order valence-electron chi connectivity index (χ3n) is 3.95. The molecule has 0 aliphatic carbocycles. The molecule has 0 aromatic rings. The lowest BCUT2D eigenvalue weighted by atomic mass is 9.32. The molecule has 0 atom stereocenters. The molecule has 110 valence electrons. The summed E-state index contributed by atoms with van der Waals surface area (Å²) in [5.41, 5.74) is 5.02. The minimum Gasteiger partial charge on any atom is -0.118 e. The first-order valence-corrected chi connectivity index (χ1v) is 14.8. The van der Waals surface area contributed by atoms with Crippen molar-refractivity contribution < 1.29 is 0 Å². The van der Waals surface area contributed by atoms with E-state index in [0.29, 0.717) is 17.9 Å². The van der Waals surface area contributed by atoms with Crippen LogP contribution in [0.4, 0.5) is 0 Å². The van der Waals surface area contributed by atoms with Gasteiger partial charge in [-0.3, -0.25) is 0 Å². The lowest BCUT2D eigenvalue weighted by Gasteiger charge is -2.33. The zero-order chi connectivity index (χ0) is 15.5. The summed E-state index contributed by atoms with van der Waals surface area (Å²) in [6, 6.07) is 0. The molecule has 0 nitrogen and oxygen atoms in total. The van der Waals surface area contributed by atoms with E-state index in [1.54, 1.807) is 0 Å². The average molecular weight is 294 g/mol. The van der Waals surface area contributed by atoms with Crippen molar-refractivity contribution in [3.63, 3.8) is 0 Å². The first-order valence-electron chi connectivity index (χ1n) is 7.64. The maximum Gasteiger partial charge on any atom is 0.196 e. The molecule has 3 heteroatoms. The van der Waals surface area contributed by atoms with Crippen molar-refractivity contribution in [2.24, 2.45) is 5.92 Å². The van der Waals surface area contributed by atoms with E-state index < -0.39 is 16.1 Å². The summed E-state index contributed by atoms with van der Waals surface area (Å²) in [5, 5.41) is 0.326. The van der Waals surface area contributed by atoms with Gasteiger partial charge in [-0.2, -0.15) is 0 Å². The predicted molar refractivity (Wildman–Crippen MR) is 99.6 cm³/mol. The van der Waals surface area contributed by atoms with Crippen LogP contribution in [-0.4, -0.2) is 22.9 Å². The Bertz CT molecular complexity index is 304. The van der Waals surface area contributed by atoms with Crippen molar-refractivity contribution in [1.29, 1.82) is 0 Å². The fourth-order valence-electron chi connectivity index (χ4n) is 1.73. The molecule has 0 heterocycles. The third-order valence-corrected chi connectivity index (χ3v) is 6.34. The van der Waals surface area contributed by atoms with Gasteiger partial charge in [0.2, 0.25) is 0 Å². The summed E-state index contributed by atoms with van der Waals surface area (Å²) in [5.74, 6) is 5.67. The van der Waals surface area contributed by atoms with Gasteiger partial charge in [-0.05, 0) is 11.2 Å². The molecule has 0 aliphatic rings. The summed E-state index contributed by atoms with van der Waals surface area (Å²) in [6.07, 6.45) is 0. The maximum absolute atomic E-state index is 2.51. The molecule has 0 aliphatic heterocycles. The van der Waals surface area contributed by atoms with E-state index in [0.717, 1.165) is 0 Å². The molecule has 0 aromatic heterocycles. The standard InChI is InChI=1S/C16H35BSi2/c1-15(2)16(3,4)17(11-13-18(5,6)7)12-14-19(8,9)10/h11-15H,1-10H3. The van der Waals surface area contributed by atoms with Crippen molar-refractivity contribution in [1.82, 2.24) is 0 Å². The Morgan fingerprint density at radius 2 is 1.11 bits per heavy atom. The van der Waals surface area contributed by atoms with Crippen molar-refractivity contribution in [2.75, 3.05) is 0 Å². The van der Waals surface area contributed by atoms with Gasteiger partial charge in [-0.25, -0.2) is 0 Å². The Morgan fingerprint density at radius 1 is 0.789 bits per heavy atom. The van der Waals surface area contributed by atoms with Gasteiger partial charge >= 0.3 is 0 Å². The molecule has 0 saturated heterocycles. The highest BCUT2D eigenvalue weighted by molar-refractivity contribution is 6.85. The summed E-state index contributed by atoms with van der Waals surface area (Å²) < 4.78 is 0. The van der Waals surface area contributed by atoms with E-state index in [2.05, 4.69) is 90.3 Å². The Labute approximate surface area is 124 Å². The molecule has 19 heavy (non-hydrogen) atoms. The minimum atomic E-state index is -1.11. The zero-order valence-corrected chi connectivity index (χ0v) is 17.0. The van der Waals surface area contributed by atoms with Gasteiger partial charge in [0.05, 0.1) is 16.1 Å². The quantitative estimate of drug-likeness (QED) is 0.538. The third kappa shape index (κ3) is 7.98. The summed E-state index contributed by atoms with van der Waals surface area (Å²) in [7, 11) is -2.22. The molecular weight excluding hydrogens is 259 g/mol. The van der Waals surface area contributed by atoms with Crippen molar-refractivity contribution in [3.05, 3.63) is 23.3 Å². The number of rotatable bonds is 6. The van der Waals surface area contributed by atoms with E-state index in [4.69, 9.17) is 0 Å². The van der Waals surface area contributed by atoms with E-state index in [1.807, 2.05) is 0 Å². The summed E-state index contributed by atoms with van der Waals surface area (Å²) in [6.45, 7) is 24.5. The number of hydrogen-bond donors (Lipinski definition) is 0. The Kier molecular flexibility index (Phi) is 6.61. The molecule has 0 spiro atoms. The molecule has 0 unspecified atom stereocenters. The second kappa shape index (κ2) is 6.62. The molecule has 0 amide bonds. The fraction of sp³-hybridized carbons (Fsp3) is 0.750. The van der Waals surface area contributed by atoms with Gasteiger partial charge in [-0.15, -0.1) is 23.3 Å². The van der Waals surface area contributed by atoms with Crippen LogP contribution in [-0.2, 0) is 0 Å². The molecule has 0 saturated carbocycles. The topological polar surface area (TPSA) is 0 Å². The molecule has 0 rings (SSSR count). The van der Waals surface area contributed by atoms with Crippen molar-refractivity contribution in [3.8, 4) is 0 Å². The SMILES string of the molecule is CC(C)C(C)(C)B(C=C[Si](C)(C)C)C=C[Si](C)(C)C. The first kappa shape index (κ1) is 19.0. The van der Waals surface area contributed by atoms with Crippen LogP contribution in [0.5, 0.6) is 0 Å². The molecular formula is C16H35BSi2. The predicted octanol–water partition coefficient (Wildman–Crippen LogP) is 5.86. The Morgan fingerprint density at radius 3 is 1.32 bits per heavy atom. The highest BCUT2D eigenvalue weighted by Gasteiger charge is 2.32. The first-order chi connectivity index (χ1) is 8.26. The molecule has 0 bridgehead atoms. The van der Waals surface area contributed by atoms with Gasteiger partial charge in [0.15, 0.2) is 6.71 Å². The molecule has 0 N–H and O–H groups in total. The van der Waals surface area contributed by atoms with E-state index in [9.17, 15) is 0 Å². The molecule has 0 radical (unpaired) electrons. The van der Waals surface area contributed by atoms with Crippen LogP contribution < -0.4 is 0 Å². The van der Waals surface area contributed by atoms with E-state index in [-0.39, 0.29) is 0 Å². The van der Waals surface area contributed by atoms with Crippen LogP contribution in [0.2, 0.25) is 44.6 Å². The lowest BCUT2D eigenvalue weighted by Crippen LogP contribution is -2.31. The minimum absolute atomic E-state index is 0.326. The van der Waals surface area contributed by atoms with Crippen LogP contribution in [0, 0.1) is 5.92 Å². The van der Waals surface area contributed by atoms with E-state index in [1.165, 1.54) is 0 Å². The normalized spacial score (nSPS) is 14.9. The van der Waals surface area contributed by atoms with Gasteiger partial charge in [-0.1, -0.05) is 67.0 Å². The van der Waals surface area contributed by atoms with Crippen molar-refractivity contribution >= 4 is 22.9 Å². The van der Waals surface area contributed by atoms with Crippen LogP contribution in [0.25, 0.3) is 0 Å². The largest absolute Gasteiger partial charge is 0.196 e. The monoisotopic (exact) mass is 294 g/mol. The average Bonchev–Trinajstić information content (AvgIpc) is 2.13. The van der Waals surface area contributed by atoms with Crippen LogP contribution >= 0.6 is 0 Å². The molecule has 0 fully saturated rings. The van der Waals surface area contributed by atoms with Crippen molar-refractivity contribution in [2.45, 2.75) is 72.3 Å². The second-order valence-corrected chi connectivity index (χ2v) is 19.1. The summed E-state index contributed by atoms with van der Waals surface area (Å²) in [4.78, 5) is 0. The highest BCUT2D eigenvalue weighted by atomic mass is 28.3. The zero-order valence-electron chi connectivity index (χ0n) is 15.0. The lowest BCUT2D eigenvalue weighted by molar-refractivity contribution is 0.471. The van der Waals surface area contributed by atoms with Gasteiger partial charge in [0, 0.05) is 0 Å². The second-order valence-electron chi connectivity index (χ2n) is 8.95. The molecule has 0 aromatic carbocycles. The van der Waals surface area contributed by atoms with Crippen LogP contribution in [0.1, 0.15) is 27.7 Å². The Hall–Kier alpha value is -0.0213. The smallest absolute Gasteiger partial charge is 0.118 e. The van der Waals surface area contributed by atoms with Gasteiger partial charge in [0.1, 0.15) is 0 Å². The highest BCUT2D eigenvalue weighted by Crippen LogP contribution is 2.38. The van der Waals surface area contributed by atoms with Gasteiger partial charge in [0.25, 0.3) is 0 Å². The maximum atomic E-state index is 2.51. The Balaban J connectivity index is 5.28.